The zero-order chi connectivity index (χ0) is 8.32. The highest BCUT2D eigenvalue weighted by atomic mass is 32.2. The fourth-order valence-corrected chi connectivity index (χ4v) is 2.57. The molecule has 1 rings (SSSR count). The van der Waals surface area contributed by atoms with Crippen molar-refractivity contribution < 1.29 is 0 Å². The fraction of sp³-hybridized carbons (Fsp3) is 0.857. The van der Waals surface area contributed by atoms with Gasteiger partial charge in [-0.3, -0.25) is 0 Å². The molecule has 1 fully saturated rings. The summed E-state index contributed by atoms with van der Waals surface area (Å²) in [5.74, 6) is 1.27. The molecule has 11 heavy (non-hydrogen) atoms. The quantitative estimate of drug-likeness (QED) is 0.640. The van der Waals surface area contributed by atoms with Crippen molar-refractivity contribution in [2.24, 2.45) is 5.73 Å². The molecule has 1 aliphatic rings. The van der Waals surface area contributed by atoms with E-state index in [0.29, 0.717) is 9.86 Å². The lowest BCUT2D eigenvalue weighted by atomic mass is 10.1. The number of nitrogens with two attached hydrogens (primary N) is 1. The predicted octanol–water partition coefficient (Wildman–Crippen LogP) is 1.11. The van der Waals surface area contributed by atoms with Crippen LogP contribution in [0.1, 0.15) is 19.8 Å². The lowest BCUT2D eigenvalue weighted by molar-refractivity contribution is 0.592. The van der Waals surface area contributed by atoms with Crippen molar-refractivity contribution in [2.45, 2.75) is 24.5 Å². The van der Waals surface area contributed by atoms with Crippen LogP contribution in [-0.2, 0) is 0 Å². The summed E-state index contributed by atoms with van der Waals surface area (Å²) < 4.78 is 0.365. The molecule has 1 unspecified atom stereocenters. The molecule has 1 saturated heterocycles. The summed E-state index contributed by atoms with van der Waals surface area (Å²) in [4.78, 5) is 0. The molecule has 0 amide bonds. The number of rotatable bonds is 2. The molecule has 0 spiro atoms. The molecule has 1 aliphatic heterocycles. The molecule has 1 heterocycles. The van der Waals surface area contributed by atoms with Gasteiger partial charge in [-0.15, -0.1) is 0 Å². The molecule has 2 nitrogen and oxygen atoms in total. The van der Waals surface area contributed by atoms with E-state index in [9.17, 15) is 0 Å². The Balaban J connectivity index is 2.28. The smallest absolute Gasteiger partial charge is 0.163 e. The summed E-state index contributed by atoms with van der Waals surface area (Å²) >= 11 is 6.75. The van der Waals surface area contributed by atoms with Crippen LogP contribution in [-0.4, -0.2) is 22.2 Å². The molecular formula is C7H14N2S2. The third kappa shape index (κ3) is 2.87. The zero-order valence-electron chi connectivity index (χ0n) is 6.72. The first-order chi connectivity index (χ1) is 5.12. The van der Waals surface area contributed by atoms with Gasteiger partial charge in [-0.2, -0.15) is 11.8 Å². The minimum atomic E-state index is 0.365. The van der Waals surface area contributed by atoms with Crippen molar-refractivity contribution in [3.63, 3.8) is 0 Å². The first kappa shape index (κ1) is 9.13. The molecule has 0 aromatic carbocycles. The van der Waals surface area contributed by atoms with Gasteiger partial charge in [0, 0.05) is 11.3 Å². The van der Waals surface area contributed by atoms with Gasteiger partial charge in [-0.1, -0.05) is 0 Å². The average molecular weight is 190 g/mol. The second kappa shape index (κ2) is 3.63. The number of nitrogens with one attached hydrogen (secondary N) is 1. The van der Waals surface area contributed by atoms with E-state index in [2.05, 4.69) is 12.2 Å². The Hall–Kier alpha value is 0.0400. The van der Waals surface area contributed by atoms with Gasteiger partial charge in [-0.05, 0) is 37.7 Å². The molecule has 0 saturated carbocycles. The van der Waals surface area contributed by atoms with E-state index >= 15 is 0 Å². The minimum Gasteiger partial charge on any atom is -0.376 e. The van der Waals surface area contributed by atoms with E-state index in [0.717, 1.165) is 6.54 Å². The van der Waals surface area contributed by atoms with E-state index in [4.69, 9.17) is 18.0 Å². The van der Waals surface area contributed by atoms with Gasteiger partial charge in [0.15, 0.2) is 5.11 Å². The van der Waals surface area contributed by atoms with E-state index in [1.165, 1.54) is 18.6 Å². The highest BCUT2D eigenvalue weighted by Crippen LogP contribution is 2.36. The summed E-state index contributed by atoms with van der Waals surface area (Å²) in [5.41, 5.74) is 5.34. The van der Waals surface area contributed by atoms with Crippen LogP contribution in [0, 0.1) is 0 Å². The average Bonchev–Trinajstić information content (AvgIpc) is 2.33. The molecule has 0 aromatic rings. The van der Waals surface area contributed by atoms with Crippen LogP contribution in [0.15, 0.2) is 0 Å². The highest BCUT2D eigenvalue weighted by Gasteiger charge is 2.28. The lowest BCUT2D eigenvalue weighted by Gasteiger charge is -2.22. The Bertz CT molecular complexity index is 153. The van der Waals surface area contributed by atoms with Crippen LogP contribution < -0.4 is 11.1 Å². The summed E-state index contributed by atoms with van der Waals surface area (Å²) in [7, 11) is 0. The normalized spacial score (nSPS) is 30.3. The molecule has 3 N–H and O–H groups in total. The molecule has 4 heteroatoms. The van der Waals surface area contributed by atoms with Crippen LogP contribution in [0.5, 0.6) is 0 Å². The highest BCUT2D eigenvalue weighted by molar-refractivity contribution is 8.00. The Kier molecular flexibility index (Phi) is 3.01. The Morgan fingerprint density at radius 1 is 1.82 bits per heavy atom. The van der Waals surface area contributed by atoms with E-state index in [-0.39, 0.29) is 0 Å². The van der Waals surface area contributed by atoms with Crippen LogP contribution in [0.4, 0.5) is 0 Å². The fourth-order valence-electron chi connectivity index (χ4n) is 1.25. The van der Waals surface area contributed by atoms with Gasteiger partial charge in [-0.25, -0.2) is 0 Å². The number of thiocarbonyl (C=S) groups is 1. The van der Waals surface area contributed by atoms with E-state index < -0.39 is 0 Å². The molecule has 0 bridgehead atoms. The van der Waals surface area contributed by atoms with E-state index in [1.54, 1.807) is 0 Å². The lowest BCUT2D eigenvalue weighted by Crippen LogP contribution is -2.39. The van der Waals surface area contributed by atoms with Gasteiger partial charge in [0.2, 0.25) is 0 Å². The van der Waals surface area contributed by atoms with Gasteiger partial charge in [0.25, 0.3) is 0 Å². The maximum Gasteiger partial charge on any atom is 0.163 e. The number of hydrogen-bond acceptors (Lipinski definition) is 2. The van der Waals surface area contributed by atoms with Crippen LogP contribution >= 0.6 is 24.0 Å². The monoisotopic (exact) mass is 190 g/mol. The van der Waals surface area contributed by atoms with Gasteiger partial charge in [0.1, 0.15) is 0 Å². The van der Waals surface area contributed by atoms with Crippen molar-refractivity contribution in [3.8, 4) is 0 Å². The predicted molar refractivity (Wildman–Crippen MR) is 54.9 cm³/mol. The Morgan fingerprint density at radius 3 is 3.00 bits per heavy atom. The molecular weight excluding hydrogens is 176 g/mol. The van der Waals surface area contributed by atoms with Crippen molar-refractivity contribution in [1.82, 2.24) is 5.32 Å². The molecule has 1 atom stereocenters. The van der Waals surface area contributed by atoms with Gasteiger partial charge in [0.05, 0.1) is 0 Å². The maximum absolute atomic E-state index is 5.34. The third-order valence-electron chi connectivity index (χ3n) is 1.94. The molecule has 0 aliphatic carbocycles. The standard InChI is InChI=1S/C7H14N2S2/c1-7(3-2-4-11-7)5-9-6(8)10/h2-5H2,1H3,(H3,8,9,10). The maximum atomic E-state index is 5.34. The van der Waals surface area contributed by atoms with Crippen molar-refractivity contribution >= 4 is 29.1 Å². The first-order valence-corrected chi connectivity index (χ1v) is 5.19. The van der Waals surface area contributed by atoms with Crippen molar-refractivity contribution in [1.29, 1.82) is 0 Å². The van der Waals surface area contributed by atoms with Gasteiger partial charge >= 0.3 is 0 Å². The van der Waals surface area contributed by atoms with Gasteiger partial charge < -0.3 is 11.1 Å². The second-order valence-corrected chi connectivity index (χ2v) is 5.24. The molecule has 0 radical (unpaired) electrons. The summed E-state index contributed by atoms with van der Waals surface area (Å²) in [5, 5.41) is 3.43. The first-order valence-electron chi connectivity index (χ1n) is 3.80. The minimum absolute atomic E-state index is 0.365. The van der Waals surface area contributed by atoms with E-state index in [1.807, 2.05) is 11.8 Å². The summed E-state index contributed by atoms with van der Waals surface area (Å²) in [6.07, 6.45) is 2.59. The number of hydrogen-bond donors (Lipinski definition) is 2. The summed E-state index contributed by atoms with van der Waals surface area (Å²) in [6.45, 7) is 3.17. The van der Waals surface area contributed by atoms with Crippen molar-refractivity contribution in [2.75, 3.05) is 12.3 Å². The third-order valence-corrected chi connectivity index (χ3v) is 3.62. The summed E-state index contributed by atoms with van der Waals surface area (Å²) in [6, 6.07) is 0. The Labute approximate surface area is 77.3 Å². The van der Waals surface area contributed by atoms with Crippen molar-refractivity contribution in [3.05, 3.63) is 0 Å². The molecule has 0 aromatic heterocycles. The Morgan fingerprint density at radius 2 is 2.55 bits per heavy atom. The largest absolute Gasteiger partial charge is 0.376 e. The molecule has 64 valence electrons. The number of thioether (sulfide) groups is 1. The van der Waals surface area contributed by atoms with Crippen LogP contribution in [0.25, 0.3) is 0 Å². The van der Waals surface area contributed by atoms with Crippen LogP contribution in [0.2, 0.25) is 0 Å². The topological polar surface area (TPSA) is 38.0 Å². The second-order valence-electron chi connectivity index (χ2n) is 3.12. The van der Waals surface area contributed by atoms with Crippen LogP contribution in [0.3, 0.4) is 0 Å². The SMILES string of the molecule is CC1(CNC(N)=S)CCCS1. The zero-order valence-corrected chi connectivity index (χ0v) is 8.36.